The summed E-state index contributed by atoms with van der Waals surface area (Å²) in [6.07, 6.45) is 4.76. The summed E-state index contributed by atoms with van der Waals surface area (Å²) >= 11 is 5.99. The summed E-state index contributed by atoms with van der Waals surface area (Å²) in [4.78, 5) is 0. The van der Waals surface area contributed by atoms with Crippen LogP contribution in [0.5, 0.6) is 0 Å². The SMILES string of the molecule is COCCNC1CCC(Cl)CC1. The van der Waals surface area contributed by atoms with Crippen LogP contribution in [0.15, 0.2) is 0 Å². The average molecular weight is 192 g/mol. The smallest absolute Gasteiger partial charge is 0.0587 e. The summed E-state index contributed by atoms with van der Waals surface area (Å²) in [6, 6.07) is 0.676. The van der Waals surface area contributed by atoms with E-state index in [1.807, 2.05) is 0 Å². The Labute approximate surface area is 79.6 Å². The number of halogens is 1. The first-order valence-electron chi connectivity index (χ1n) is 4.69. The van der Waals surface area contributed by atoms with E-state index in [4.69, 9.17) is 16.3 Å². The molecule has 0 bridgehead atoms. The Balaban J connectivity index is 2.01. The van der Waals surface area contributed by atoms with Gasteiger partial charge in [-0.1, -0.05) is 0 Å². The molecule has 0 unspecified atom stereocenters. The van der Waals surface area contributed by atoms with Crippen LogP contribution in [0.2, 0.25) is 0 Å². The second kappa shape index (κ2) is 5.79. The second-order valence-electron chi connectivity index (χ2n) is 3.40. The van der Waals surface area contributed by atoms with E-state index >= 15 is 0 Å². The van der Waals surface area contributed by atoms with Crippen molar-refractivity contribution >= 4 is 11.6 Å². The lowest BCUT2D eigenvalue weighted by Crippen LogP contribution is -2.35. The van der Waals surface area contributed by atoms with Crippen molar-refractivity contribution in [2.24, 2.45) is 0 Å². The minimum Gasteiger partial charge on any atom is -0.383 e. The van der Waals surface area contributed by atoms with E-state index in [0.717, 1.165) is 26.0 Å². The van der Waals surface area contributed by atoms with E-state index < -0.39 is 0 Å². The zero-order chi connectivity index (χ0) is 8.81. The average Bonchev–Trinajstić information content (AvgIpc) is 2.09. The standard InChI is InChI=1S/C9H18ClNO/c1-12-7-6-11-9-4-2-8(10)3-5-9/h8-9,11H,2-7H2,1H3. The van der Waals surface area contributed by atoms with Crippen molar-refractivity contribution in [3.63, 3.8) is 0 Å². The normalized spacial score (nSPS) is 30.5. The molecule has 1 rings (SSSR count). The first kappa shape index (κ1) is 10.3. The Morgan fingerprint density at radius 1 is 1.33 bits per heavy atom. The molecule has 1 N–H and O–H groups in total. The first-order valence-corrected chi connectivity index (χ1v) is 5.13. The van der Waals surface area contributed by atoms with Crippen LogP contribution >= 0.6 is 11.6 Å². The van der Waals surface area contributed by atoms with E-state index in [0.29, 0.717) is 11.4 Å². The lowest BCUT2D eigenvalue weighted by Gasteiger charge is -2.25. The highest BCUT2D eigenvalue weighted by Crippen LogP contribution is 2.22. The summed E-state index contributed by atoms with van der Waals surface area (Å²) in [5, 5.41) is 3.88. The number of rotatable bonds is 4. The fourth-order valence-corrected chi connectivity index (χ4v) is 1.87. The van der Waals surface area contributed by atoms with Gasteiger partial charge < -0.3 is 10.1 Å². The van der Waals surface area contributed by atoms with Gasteiger partial charge in [-0.25, -0.2) is 0 Å². The van der Waals surface area contributed by atoms with Gasteiger partial charge in [0.15, 0.2) is 0 Å². The van der Waals surface area contributed by atoms with Crippen LogP contribution in [0.3, 0.4) is 0 Å². The van der Waals surface area contributed by atoms with Gasteiger partial charge in [-0.2, -0.15) is 0 Å². The lowest BCUT2D eigenvalue weighted by atomic mass is 9.95. The predicted octanol–water partition coefficient (Wildman–Crippen LogP) is 1.77. The molecule has 0 aromatic carbocycles. The van der Waals surface area contributed by atoms with Gasteiger partial charge in [0, 0.05) is 25.1 Å². The number of methoxy groups -OCH3 is 1. The third kappa shape index (κ3) is 3.74. The number of nitrogens with one attached hydrogen (secondary N) is 1. The van der Waals surface area contributed by atoms with Gasteiger partial charge in [0.2, 0.25) is 0 Å². The maximum atomic E-state index is 5.99. The van der Waals surface area contributed by atoms with Crippen LogP contribution in [0.25, 0.3) is 0 Å². The Hall–Kier alpha value is 0.210. The van der Waals surface area contributed by atoms with Gasteiger partial charge >= 0.3 is 0 Å². The number of hydrogen-bond donors (Lipinski definition) is 1. The minimum absolute atomic E-state index is 0.422. The maximum absolute atomic E-state index is 5.99. The van der Waals surface area contributed by atoms with Crippen molar-refractivity contribution in [3.05, 3.63) is 0 Å². The zero-order valence-corrected chi connectivity index (χ0v) is 8.44. The summed E-state index contributed by atoms with van der Waals surface area (Å²) in [5.41, 5.74) is 0. The number of ether oxygens (including phenoxy) is 1. The molecule has 0 atom stereocenters. The van der Waals surface area contributed by atoms with Gasteiger partial charge in [0.05, 0.1) is 6.61 Å². The third-order valence-electron chi connectivity index (χ3n) is 2.40. The number of alkyl halides is 1. The summed E-state index contributed by atoms with van der Waals surface area (Å²) in [6.45, 7) is 1.77. The molecule has 0 saturated heterocycles. The molecule has 0 amide bonds. The van der Waals surface area contributed by atoms with Gasteiger partial charge in [0.1, 0.15) is 0 Å². The molecule has 0 spiro atoms. The zero-order valence-electron chi connectivity index (χ0n) is 7.68. The molecule has 72 valence electrons. The van der Waals surface area contributed by atoms with Crippen molar-refractivity contribution in [2.45, 2.75) is 37.1 Å². The molecular formula is C9H18ClNO. The topological polar surface area (TPSA) is 21.3 Å². The molecular weight excluding hydrogens is 174 g/mol. The van der Waals surface area contributed by atoms with E-state index in [1.54, 1.807) is 7.11 Å². The molecule has 0 aromatic rings. The van der Waals surface area contributed by atoms with Crippen molar-refractivity contribution in [1.29, 1.82) is 0 Å². The highest BCUT2D eigenvalue weighted by atomic mass is 35.5. The number of hydrogen-bond acceptors (Lipinski definition) is 2. The lowest BCUT2D eigenvalue weighted by molar-refractivity contribution is 0.192. The summed E-state index contributed by atoms with van der Waals surface area (Å²) < 4.78 is 4.97. The molecule has 0 radical (unpaired) electrons. The molecule has 2 nitrogen and oxygen atoms in total. The monoisotopic (exact) mass is 191 g/mol. The largest absolute Gasteiger partial charge is 0.383 e. The van der Waals surface area contributed by atoms with Crippen LogP contribution in [0.1, 0.15) is 25.7 Å². The molecule has 0 aromatic heterocycles. The van der Waals surface area contributed by atoms with Crippen molar-refractivity contribution in [1.82, 2.24) is 5.32 Å². The maximum Gasteiger partial charge on any atom is 0.0587 e. The van der Waals surface area contributed by atoms with Gasteiger partial charge in [0.25, 0.3) is 0 Å². The highest BCUT2D eigenvalue weighted by Gasteiger charge is 2.18. The first-order chi connectivity index (χ1) is 5.83. The Kier molecular flexibility index (Phi) is 4.96. The van der Waals surface area contributed by atoms with Crippen LogP contribution in [-0.4, -0.2) is 31.7 Å². The molecule has 1 aliphatic rings. The second-order valence-corrected chi connectivity index (χ2v) is 4.01. The third-order valence-corrected chi connectivity index (χ3v) is 2.83. The fourth-order valence-electron chi connectivity index (χ4n) is 1.62. The molecule has 12 heavy (non-hydrogen) atoms. The molecule has 0 aliphatic heterocycles. The molecule has 0 heterocycles. The van der Waals surface area contributed by atoms with Crippen molar-refractivity contribution < 1.29 is 4.74 Å². The van der Waals surface area contributed by atoms with Gasteiger partial charge in [-0.05, 0) is 25.7 Å². The van der Waals surface area contributed by atoms with E-state index in [9.17, 15) is 0 Å². The molecule has 1 aliphatic carbocycles. The van der Waals surface area contributed by atoms with Crippen LogP contribution in [0, 0.1) is 0 Å². The van der Waals surface area contributed by atoms with E-state index in [1.165, 1.54) is 12.8 Å². The van der Waals surface area contributed by atoms with Gasteiger partial charge in [-0.3, -0.25) is 0 Å². The predicted molar refractivity (Wildman–Crippen MR) is 51.8 cm³/mol. The van der Waals surface area contributed by atoms with Crippen LogP contribution in [0.4, 0.5) is 0 Å². The van der Waals surface area contributed by atoms with E-state index in [-0.39, 0.29) is 0 Å². The quantitative estimate of drug-likeness (QED) is 0.540. The molecule has 1 saturated carbocycles. The summed E-state index contributed by atoms with van der Waals surface area (Å²) in [7, 11) is 1.73. The molecule has 3 heteroatoms. The molecule has 1 fully saturated rings. The van der Waals surface area contributed by atoms with E-state index in [2.05, 4.69) is 5.32 Å². The minimum atomic E-state index is 0.422. The van der Waals surface area contributed by atoms with Crippen molar-refractivity contribution in [2.75, 3.05) is 20.3 Å². The Morgan fingerprint density at radius 3 is 2.58 bits per heavy atom. The van der Waals surface area contributed by atoms with Gasteiger partial charge in [-0.15, -0.1) is 11.6 Å². The Morgan fingerprint density at radius 2 is 2.00 bits per heavy atom. The summed E-state index contributed by atoms with van der Waals surface area (Å²) in [5.74, 6) is 0. The fraction of sp³-hybridized carbons (Fsp3) is 1.00. The van der Waals surface area contributed by atoms with Crippen LogP contribution < -0.4 is 5.32 Å². The van der Waals surface area contributed by atoms with Crippen LogP contribution in [-0.2, 0) is 4.74 Å². The Bertz CT molecular complexity index is 113. The highest BCUT2D eigenvalue weighted by molar-refractivity contribution is 6.20. The van der Waals surface area contributed by atoms with Crippen molar-refractivity contribution in [3.8, 4) is 0 Å².